The average molecular weight is 575 g/mol. The van der Waals surface area contributed by atoms with Crippen LogP contribution in [0.2, 0.25) is 0 Å². The lowest BCUT2D eigenvalue weighted by molar-refractivity contribution is -0.485. The second-order valence-electron chi connectivity index (χ2n) is 9.36. The highest BCUT2D eigenvalue weighted by atomic mass is 16.7. The van der Waals surface area contributed by atoms with E-state index in [4.69, 9.17) is 11.5 Å². The van der Waals surface area contributed by atoms with Gasteiger partial charge in [0.05, 0.1) is 5.92 Å². The minimum atomic E-state index is -0.910. The van der Waals surface area contributed by atoms with Gasteiger partial charge in [-0.05, 0) is 35.1 Å². The highest BCUT2D eigenvalue weighted by Crippen LogP contribution is 2.25. The second-order valence-corrected chi connectivity index (χ2v) is 9.36. The number of guanidine groups is 1. The van der Waals surface area contributed by atoms with Gasteiger partial charge >= 0.3 is 6.03 Å². The highest BCUT2D eigenvalue weighted by Gasteiger charge is 2.27. The van der Waals surface area contributed by atoms with E-state index in [1.54, 1.807) is 0 Å². The van der Waals surface area contributed by atoms with Crippen molar-refractivity contribution in [1.29, 1.82) is 0 Å². The maximum atomic E-state index is 13.7. The van der Waals surface area contributed by atoms with E-state index in [0.29, 0.717) is 6.42 Å². The lowest BCUT2D eigenvalue weighted by atomic mass is 9.90. The Morgan fingerprint density at radius 1 is 0.762 bits per heavy atom. The normalized spacial score (nSPS) is 11.8. The molecule has 0 heterocycles. The maximum Gasteiger partial charge on any atom is 0.312 e. The first-order valence-corrected chi connectivity index (χ1v) is 13.2. The van der Waals surface area contributed by atoms with E-state index >= 15 is 0 Å². The first kappa shape index (κ1) is 31.1. The number of nitro groups is 1. The van der Waals surface area contributed by atoms with Gasteiger partial charge in [0.1, 0.15) is 11.1 Å². The van der Waals surface area contributed by atoms with Gasteiger partial charge in [-0.1, -0.05) is 84.9 Å². The Bertz CT molecular complexity index is 1330. The molecule has 0 aliphatic rings. The standard InChI is InChI=1S/C29H34N8O5/c30-28(36-37(41)42)32-17-7-12-24(26(38)33-18-20-13-15-21(16-14-20)19-34-29(31)40)35-27(39)25(22-8-3-1-4-9-22)23-10-5-2-6-11-23/h1-6,8-11,13-16,24-25H,7,12,17-19H2,(H,33,38)(H,35,39)(H3,30,32,36)(H3,31,34,40)/t24-/m1/s1. The van der Waals surface area contributed by atoms with E-state index in [0.717, 1.165) is 22.3 Å². The highest BCUT2D eigenvalue weighted by molar-refractivity contribution is 5.92. The van der Waals surface area contributed by atoms with Crippen LogP contribution in [0.3, 0.4) is 0 Å². The number of carbonyl (C=O) groups excluding carboxylic acids is 3. The fourth-order valence-electron chi connectivity index (χ4n) is 4.23. The lowest BCUT2D eigenvalue weighted by Gasteiger charge is -2.23. The molecule has 0 bridgehead atoms. The zero-order valence-corrected chi connectivity index (χ0v) is 22.9. The molecule has 13 nitrogen and oxygen atoms in total. The summed E-state index contributed by atoms with van der Waals surface area (Å²) in [6.45, 7) is 0.686. The number of nitrogens with two attached hydrogens (primary N) is 2. The molecule has 3 aromatic rings. The predicted octanol–water partition coefficient (Wildman–Crippen LogP) is 1.66. The van der Waals surface area contributed by atoms with Crippen molar-refractivity contribution in [2.45, 2.75) is 37.9 Å². The van der Waals surface area contributed by atoms with Gasteiger partial charge in [0.15, 0.2) is 5.03 Å². The van der Waals surface area contributed by atoms with Crippen molar-refractivity contribution in [2.75, 3.05) is 6.54 Å². The third-order valence-corrected chi connectivity index (χ3v) is 6.28. The summed E-state index contributed by atoms with van der Waals surface area (Å²) in [5, 5.41) is 23.5. The first-order valence-electron chi connectivity index (χ1n) is 13.2. The number of hydrogen-bond acceptors (Lipinski definition) is 5. The summed E-state index contributed by atoms with van der Waals surface area (Å²) in [4.78, 5) is 48.4. The topological polar surface area (TPSA) is 207 Å². The average Bonchev–Trinajstić information content (AvgIpc) is 2.97. The number of rotatable bonds is 14. The van der Waals surface area contributed by atoms with Gasteiger partial charge in [0, 0.05) is 19.6 Å². The Balaban J connectivity index is 1.72. The van der Waals surface area contributed by atoms with E-state index in [2.05, 4.69) is 26.4 Å². The maximum absolute atomic E-state index is 13.7. The van der Waals surface area contributed by atoms with E-state index < -0.39 is 28.9 Å². The van der Waals surface area contributed by atoms with Crippen molar-refractivity contribution in [2.24, 2.45) is 16.6 Å². The van der Waals surface area contributed by atoms with E-state index in [9.17, 15) is 24.5 Å². The van der Waals surface area contributed by atoms with Gasteiger partial charge in [-0.25, -0.2) is 14.9 Å². The minimum absolute atomic E-state index is 0.199. The minimum Gasteiger partial charge on any atom is -0.365 e. The van der Waals surface area contributed by atoms with Crippen LogP contribution in [0.5, 0.6) is 0 Å². The number of benzene rings is 3. The quantitative estimate of drug-likeness (QED) is 0.0551. The zero-order chi connectivity index (χ0) is 30.3. The van der Waals surface area contributed by atoms with Gasteiger partial charge in [0.2, 0.25) is 11.8 Å². The summed E-state index contributed by atoms with van der Waals surface area (Å²) in [5.74, 6) is -1.74. The number of primary amides is 1. The third-order valence-electron chi connectivity index (χ3n) is 6.28. The molecule has 4 amide bonds. The van der Waals surface area contributed by atoms with E-state index in [-0.39, 0.29) is 37.9 Å². The fraction of sp³-hybridized carbons (Fsp3) is 0.241. The van der Waals surface area contributed by atoms with Crippen molar-refractivity contribution in [3.05, 3.63) is 117 Å². The Morgan fingerprint density at radius 3 is 1.79 bits per heavy atom. The molecular formula is C29H34N8O5. The number of hydrogen-bond donors (Lipinski definition) is 6. The van der Waals surface area contributed by atoms with E-state index in [1.807, 2.05) is 84.9 Å². The molecule has 0 saturated carbocycles. The molecule has 3 aromatic carbocycles. The molecule has 0 aliphatic heterocycles. The Kier molecular flexibility index (Phi) is 11.8. The summed E-state index contributed by atoms with van der Waals surface area (Å²) in [6, 6.07) is 24.3. The third kappa shape index (κ3) is 10.3. The van der Waals surface area contributed by atoms with Crippen LogP contribution in [0.4, 0.5) is 4.79 Å². The molecule has 3 rings (SSSR count). The number of nitrogens with one attached hydrogen (secondary N) is 4. The second kappa shape index (κ2) is 16.0. The van der Waals surface area contributed by atoms with Gasteiger partial charge in [0.25, 0.3) is 5.96 Å². The van der Waals surface area contributed by atoms with Gasteiger partial charge in [-0.2, -0.15) is 0 Å². The SMILES string of the molecule is NC(=O)NCc1ccc(CNC(=O)[C@@H](CCCNC(N)=N[N+](=O)[O-])NC(=O)C(c2ccccc2)c2ccccc2)cc1. The molecule has 0 radical (unpaired) electrons. The van der Waals surface area contributed by atoms with Gasteiger partial charge in [-0.3, -0.25) is 9.59 Å². The molecule has 0 aromatic heterocycles. The monoisotopic (exact) mass is 574 g/mol. The van der Waals surface area contributed by atoms with Crippen LogP contribution in [0, 0.1) is 10.1 Å². The van der Waals surface area contributed by atoms with Crippen LogP contribution in [-0.4, -0.2) is 41.4 Å². The Labute approximate surface area is 242 Å². The summed E-state index contributed by atoms with van der Waals surface area (Å²) in [5.41, 5.74) is 13.8. The summed E-state index contributed by atoms with van der Waals surface area (Å²) in [7, 11) is 0. The van der Waals surface area contributed by atoms with Gasteiger partial charge < -0.3 is 32.7 Å². The fourth-order valence-corrected chi connectivity index (χ4v) is 4.23. The molecule has 0 unspecified atom stereocenters. The largest absolute Gasteiger partial charge is 0.365 e. The molecule has 13 heteroatoms. The number of urea groups is 1. The zero-order valence-electron chi connectivity index (χ0n) is 22.9. The molecular weight excluding hydrogens is 540 g/mol. The summed E-state index contributed by atoms with van der Waals surface area (Å²) in [6.07, 6.45) is 0.583. The van der Waals surface area contributed by atoms with Crippen molar-refractivity contribution < 1.29 is 19.4 Å². The Hall–Kier alpha value is -5.46. The molecule has 0 aliphatic carbocycles. The number of carbonyl (C=O) groups is 3. The van der Waals surface area contributed by atoms with Gasteiger partial charge in [-0.15, -0.1) is 0 Å². The molecule has 220 valence electrons. The first-order chi connectivity index (χ1) is 20.2. The van der Waals surface area contributed by atoms with E-state index in [1.165, 1.54) is 0 Å². The lowest BCUT2D eigenvalue weighted by Crippen LogP contribution is -2.48. The van der Waals surface area contributed by atoms with Crippen LogP contribution in [0.25, 0.3) is 0 Å². The van der Waals surface area contributed by atoms with Crippen LogP contribution in [0.1, 0.15) is 41.0 Å². The summed E-state index contributed by atoms with van der Waals surface area (Å²) >= 11 is 0. The van der Waals surface area contributed by atoms with Crippen LogP contribution in [0.15, 0.2) is 90.0 Å². The molecule has 0 saturated heterocycles. The van der Waals surface area contributed by atoms with Crippen molar-refractivity contribution in [3.63, 3.8) is 0 Å². The Morgan fingerprint density at radius 2 is 1.29 bits per heavy atom. The van der Waals surface area contributed by atoms with Crippen LogP contribution >= 0.6 is 0 Å². The van der Waals surface area contributed by atoms with Crippen LogP contribution < -0.4 is 32.7 Å². The number of nitrogens with zero attached hydrogens (tertiary/aromatic N) is 2. The predicted molar refractivity (Wildman–Crippen MR) is 157 cm³/mol. The number of amides is 4. The number of hydrazone groups is 1. The molecule has 42 heavy (non-hydrogen) atoms. The molecule has 0 fully saturated rings. The molecule has 1 atom stereocenters. The van der Waals surface area contributed by atoms with Crippen molar-refractivity contribution in [1.82, 2.24) is 21.3 Å². The van der Waals surface area contributed by atoms with Crippen molar-refractivity contribution in [3.8, 4) is 0 Å². The summed E-state index contributed by atoms with van der Waals surface area (Å²) < 4.78 is 0. The molecule has 0 spiro atoms. The van der Waals surface area contributed by atoms with Crippen molar-refractivity contribution >= 4 is 23.8 Å². The van der Waals surface area contributed by atoms with Crippen LogP contribution in [-0.2, 0) is 22.7 Å². The molecule has 8 N–H and O–H groups in total. The smallest absolute Gasteiger partial charge is 0.312 e.